The molecule has 1 aliphatic carbocycles. The molecule has 2 fully saturated rings. The number of nitrogens with zero attached hydrogens (tertiary/aromatic N) is 5. The summed E-state index contributed by atoms with van der Waals surface area (Å²) in [6.07, 6.45) is 9.19. The Labute approximate surface area is 141 Å². The van der Waals surface area contributed by atoms with Gasteiger partial charge in [0.1, 0.15) is 6.33 Å². The van der Waals surface area contributed by atoms with Crippen molar-refractivity contribution in [2.24, 2.45) is 5.92 Å². The number of rotatable bonds is 4. The molecule has 0 bridgehead atoms. The molecule has 0 N–H and O–H groups in total. The molecule has 24 heavy (non-hydrogen) atoms. The van der Waals surface area contributed by atoms with Gasteiger partial charge in [0, 0.05) is 25.0 Å². The van der Waals surface area contributed by atoms with Crippen LogP contribution < -0.4 is 0 Å². The van der Waals surface area contributed by atoms with Crippen LogP contribution in [0.25, 0.3) is 0 Å². The first-order valence-electron chi connectivity index (χ1n) is 8.83. The molecule has 1 saturated heterocycles. The number of pyridine rings is 1. The van der Waals surface area contributed by atoms with Crippen molar-refractivity contribution in [1.82, 2.24) is 24.6 Å². The van der Waals surface area contributed by atoms with Crippen molar-refractivity contribution in [2.45, 2.75) is 51.6 Å². The van der Waals surface area contributed by atoms with Crippen LogP contribution in [0.15, 0.2) is 24.7 Å². The molecule has 2 aliphatic rings. The first-order chi connectivity index (χ1) is 11.7. The van der Waals surface area contributed by atoms with Crippen LogP contribution in [0.3, 0.4) is 0 Å². The Morgan fingerprint density at radius 2 is 2.12 bits per heavy atom. The van der Waals surface area contributed by atoms with E-state index in [4.69, 9.17) is 0 Å². The minimum atomic E-state index is 0.0220. The summed E-state index contributed by atoms with van der Waals surface area (Å²) >= 11 is 0. The maximum absolute atomic E-state index is 13.0. The highest BCUT2D eigenvalue weighted by molar-refractivity contribution is 5.94. The fourth-order valence-corrected chi connectivity index (χ4v) is 3.44. The Bertz CT molecular complexity index is 719. The van der Waals surface area contributed by atoms with Gasteiger partial charge in [-0.25, -0.2) is 0 Å². The van der Waals surface area contributed by atoms with Crippen LogP contribution in [0.4, 0.5) is 0 Å². The third kappa shape index (κ3) is 3.05. The Morgan fingerprint density at radius 1 is 1.25 bits per heavy atom. The fraction of sp³-hybridized carbons (Fsp3) is 0.556. The van der Waals surface area contributed by atoms with Gasteiger partial charge in [-0.05, 0) is 57.1 Å². The van der Waals surface area contributed by atoms with Gasteiger partial charge in [-0.3, -0.25) is 9.78 Å². The van der Waals surface area contributed by atoms with E-state index in [2.05, 4.69) is 19.7 Å². The van der Waals surface area contributed by atoms with Crippen molar-refractivity contribution in [3.63, 3.8) is 0 Å². The van der Waals surface area contributed by atoms with E-state index in [9.17, 15) is 4.79 Å². The number of amides is 1. The smallest absolute Gasteiger partial charge is 0.256 e. The number of carbonyl (C=O) groups is 1. The lowest BCUT2D eigenvalue weighted by Crippen LogP contribution is -2.39. The SMILES string of the molecule is Cc1ccc(C(=O)N2CCCC[C@H]2c2nncn2CC2CC2)cn1. The summed E-state index contributed by atoms with van der Waals surface area (Å²) in [6.45, 7) is 3.68. The zero-order chi connectivity index (χ0) is 16.5. The summed E-state index contributed by atoms with van der Waals surface area (Å²) in [7, 11) is 0. The molecule has 0 unspecified atom stereocenters. The van der Waals surface area contributed by atoms with Gasteiger partial charge in [-0.1, -0.05) is 0 Å². The summed E-state index contributed by atoms with van der Waals surface area (Å²) < 4.78 is 2.15. The molecule has 3 heterocycles. The lowest BCUT2D eigenvalue weighted by atomic mass is 10.00. The molecule has 4 rings (SSSR count). The fourth-order valence-electron chi connectivity index (χ4n) is 3.44. The maximum atomic E-state index is 13.0. The second kappa shape index (κ2) is 6.34. The maximum Gasteiger partial charge on any atom is 0.256 e. The third-order valence-electron chi connectivity index (χ3n) is 5.02. The number of aromatic nitrogens is 4. The normalized spacial score (nSPS) is 21.0. The number of hydrogen-bond donors (Lipinski definition) is 0. The van der Waals surface area contributed by atoms with E-state index >= 15 is 0 Å². The number of likely N-dealkylation sites (tertiary alicyclic amines) is 1. The molecular weight excluding hydrogens is 302 g/mol. The van der Waals surface area contributed by atoms with Crippen molar-refractivity contribution < 1.29 is 4.79 Å². The quantitative estimate of drug-likeness (QED) is 0.867. The topological polar surface area (TPSA) is 63.9 Å². The Morgan fingerprint density at radius 3 is 2.88 bits per heavy atom. The van der Waals surface area contributed by atoms with E-state index in [0.29, 0.717) is 5.56 Å². The van der Waals surface area contributed by atoms with Gasteiger partial charge in [-0.15, -0.1) is 10.2 Å². The molecular formula is C18H23N5O. The number of piperidine rings is 1. The van der Waals surface area contributed by atoms with Gasteiger partial charge in [0.25, 0.3) is 5.91 Å². The molecule has 1 saturated carbocycles. The molecule has 1 atom stereocenters. The minimum absolute atomic E-state index is 0.0220. The highest BCUT2D eigenvalue weighted by Crippen LogP contribution is 2.34. The average molecular weight is 325 g/mol. The van der Waals surface area contributed by atoms with Crippen molar-refractivity contribution in [3.05, 3.63) is 41.7 Å². The highest BCUT2D eigenvalue weighted by atomic mass is 16.2. The summed E-state index contributed by atoms with van der Waals surface area (Å²) in [5, 5.41) is 8.48. The van der Waals surface area contributed by atoms with E-state index in [1.807, 2.05) is 30.3 Å². The molecule has 2 aromatic heterocycles. The second-order valence-corrected chi connectivity index (χ2v) is 6.98. The van der Waals surface area contributed by atoms with Crippen LogP contribution in [-0.2, 0) is 6.54 Å². The van der Waals surface area contributed by atoms with Gasteiger partial charge >= 0.3 is 0 Å². The molecule has 0 spiro atoms. The molecule has 6 heteroatoms. The monoisotopic (exact) mass is 325 g/mol. The second-order valence-electron chi connectivity index (χ2n) is 6.98. The Kier molecular flexibility index (Phi) is 4.04. The number of aryl methyl sites for hydroxylation is 1. The van der Waals surface area contributed by atoms with Crippen LogP contribution in [0, 0.1) is 12.8 Å². The molecule has 0 aromatic carbocycles. The largest absolute Gasteiger partial charge is 0.328 e. The van der Waals surface area contributed by atoms with Crippen molar-refractivity contribution in [1.29, 1.82) is 0 Å². The first kappa shape index (κ1) is 15.3. The van der Waals surface area contributed by atoms with Crippen LogP contribution in [0.5, 0.6) is 0 Å². The van der Waals surface area contributed by atoms with Crippen LogP contribution in [0.2, 0.25) is 0 Å². The number of hydrogen-bond acceptors (Lipinski definition) is 4. The zero-order valence-electron chi connectivity index (χ0n) is 14.1. The molecule has 0 radical (unpaired) electrons. The van der Waals surface area contributed by atoms with E-state index in [1.54, 1.807) is 6.20 Å². The summed E-state index contributed by atoms with van der Waals surface area (Å²) in [5.74, 6) is 1.75. The van der Waals surface area contributed by atoms with Crippen LogP contribution >= 0.6 is 0 Å². The first-order valence-corrected chi connectivity index (χ1v) is 8.83. The molecule has 126 valence electrons. The Balaban J connectivity index is 1.59. The Hall–Kier alpha value is -2.24. The average Bonchev–Trinajstić information content (AvgIpc) is 3.30. The predicted molar refractivity (Wildman–Crippen MR) is 89.3 cm³/mol. The van der Waals surface area contributed by atoms with Gasteiger partial charge in [0.2, 0.25) is 0 Å². The van der Waals surface area contributed by atoms with Crippen molar-refractivity contribution in [3.8, 4) is 0 Å². The highest BCUT2D eigenvalue weighted by Gasteiger charge is 2.33. The van der Waals surface area contributed by atoms with Gasteiger partial charge in [0.15, 0.2) is 5.82 Å². The lowest BCUT2D eigenvalue weighted by molar-refractivity contribution is 0.0593. The van der Waals surface area contributed by atoms with Crippen molar-refractivity contribution in [2.75, 3.05) is 6.54 Å². The van der Waals surface area contributed by atoms with E-state index in [1.165, 1.54) is 12.8 Å². The van der Waals surface area contributed by atoms with Gasteiger partial charge in [-0.2, -0.15) is 0 Å². The van der Waals surface area contributed by atoms with Gasteiger partial charge in [0.05, 0.1) is 11.6 Å². The summed E-state index contributed by atoms with van der Waals surface area (Å²) in [5.41, 5.74) is 1.58. The zero-order valence-corrected chi connectivity index (χ0v) is 14.1. The van der Waals surface area contributed by atoms with E-state index in [-0.39, 0.29) is 11.9 Å². The predicted octanol–water partition coefficient (Wildman–Crippen LogP) is 2.76. The molecule has 2 aromatic rings. The third-order valence-corrected chi connectivity index (χ3v) is 5.02. The number of carbonyl (C=O) groups excluding carboxylic acids is 1. The minimum Gasteiger partial charge on any atom is -0.328 e. The molecule has 1 aliphatic heterocycles. The van der Waals surface area contributed by atoms with Crippen LogP contribution in [0.1, 0.15) is 60.0 Å². The summed E-state index contributed by atoms with van der Waals surface area (Å²) in [6, 6.07) is 3.78. The standard InChI is InChI=1S/C18H23N5O/c1-13-5-8-15(10-19-13)18(24)23-9-3-2-4-16(23)17-21-20-12-22(17)11-14-6-7-14/h5,8,10,12,14,16H,2-4,6-7,9,11H2,1H3/t16-/m0/s1. The molecule has 1 amide bonds. The lowest BCUT2D eigenvalue weighted by Gasteiger charge is -2.35. The van der Waals surface area contributed by atoms with E-state index < -0.39 is 0 Å². The van der Waals surface area contributed by atoms with E-state index in [0.717, 1.165) is 49.8 Å². The molecule has 6 nitrogen and oxygen atoms in total. The van der Waals surface area contributed by atoms with Crippen molar-refractivity contribution >= 4 is 5.91 Å². The summed E-state index contributed by atoms with van der Waals surface area (Å²) in [4.78, 5) is 19.2. The van der Waals surface area contributed by atoms with Crippen LogP contribution in [-0.4, -0.2) is 37.1 Å². The van der Waals surface area contributed by atoms with Gasteiger partial charge < -0.3 is 9.47 Å².